The first-order chi connectivity index (χ1) is 9.11. The summed E-state index contributed by atoms with van der Waals surface area (Å²) in [7, 11) is 1.94. The minimum Gasteiger partial charge on any atom is -0.392 e. The molecule has 1 aliphatic carbocycles. The van der Waals surface area contributed by atoms with Crippen molar-refractivity contribution in [2.45, 2.75) is 57.6 Å². The lowest BCUT2D eigenvalue weighted by molar-refractivity contribution is -0.136. The van der Waals surface area contributed by atoms with Crippen LogP contribution in [0.5, 0.6) is 0 Å². The Labute approximate surface area is 116 Å². The molecule has 4 heteroatoms. The number of rotatable bonds is 6. The van der Waals surface area contributed by atoms with E-state index >= 15 is 0 Å². The van der Waals surface area contributed by atoms with Gasteiger partial charge in [0.25, 0.3) is 0 Å². The summed E-state index contributed by atoms with van der Waals surface area (Å²) < 4.78 is 0. The molecule has 1 saturated carbocycles. The average Bonchev–Trinajstić information content (AvgIpc) is 3.22. The molecule has 0 aromatic rings. The molecule has 1 saturated heterocycles. The van der Waals surface area contributed by atoms with Crippen LogP contribution in [0.15, 0.2) is 0 Å². The maximum Gasteiger partial charge on any atom is 0.236 e. The molecule has 2 atom stereocenters. The van der Waals surface area contributed by atoms with E-state index in [-0.39, 0.29) is 12.0 Å². The van der Waals surface area contributed by atoms with E-state index in [9.17, 15) is 9.90 Å². The number of carbonyl (C=O) groups excluding carboxylic acids is 1. The molecule has 1 aliphatic heterocycles. The normalized spacial score (nSPS) is 25.7. The highest BCUT2D eigenvalue weighted by molar-refractivity contribution is 5.78. The molecule has 2 unspecified atom stereocenters. The van der Waals surface area contributed by atoms with Gasteiger partial charge in [0.15, 0.2) is 0 Å². The van der Waals surface area contributed by atoms with Gasteiger partial charge < -0.3 is 10.0 Å². The van der Waals surface area contributed by atoms with Gasteiger partial charge in [0, 0.05) is 19.1 Å². The summed E-state index contributed by atoms with van der Waals surface area (Å²) in [6.07, 6.45) is 6.63. The van der Waals surface area contributed by atoms with Crippen LogP contribution in [0.3, 0.4) is 0 Å². The highest BCUT2D eigenvalue weighted by atomic mass is 16.3. The molecule has 0 radical (unpaired) electrons. The number of hydrogen-bond donors (Lipinski definition) is 1. The predicted molar refractivity (Wildman–Crippen MR) is 75.9 cm³/mol. The van der Waals surface area contributed by atoms with Gasteiger partial charge in [0.1, 0.15) is 0 Å². The molecule has 19 heavy (non-hydrogen) atoms. The SMILES string of the molecule is CCC1CCCCN1C(=O)CN(C)CC(O)C1CC1. The number of carbonyl (C=O) groups is 1. The van der Waals surface area contributed by atoms with Crippen LogP contribution in [-0.2, 0) is 4.79 Å². The van der Waals surface area contributed by atoms with Crippen molar-refractivity contribution >= 4 is 5.91 Å². The molecule has 0 spiro atoms. The van der Waals surface area contributed by atoms with Crippen molar-refractivity contribution in [1.82, 2.24) is 9.80 Å². The number of hydrogen-bond acceptors (Lipinski definition) is 3. The van der Waals surface area contributed by atoms with E-state index in [4.69, 9.17) is 0 Å². The zero-order valence-corrected chi connectivity index (χ0v) is 12.3. The summed E-state index contributed by atoms with van der Waals surface area (Å²) >= 11 is 0. The molecule has 2 fully saturated rings. The third-order valence-electron chi connectivity index (χ3n) is 4.49. The van der Waals surface area contributed by atoms with Crippen molar-refractivity contribution in [2.75, 3.05) is 26.7 Å². The summed E-state index contributed by atoms with van der Waals surface area (Å²) in [6, 6.07) is 0.433. The van der Waals surface area contributed by atoms with Crippen molar-refractivity contribution in [3.63, 3.8) is 0 Å². The van der Waals surface area contributed by atoms with E-state index in [1.165, 1.54) is 6.42 Å². The predicted octanol–water partition coefficient (Wildman–Crippen LogP) is 1.48. The van der Waals surface area contributed by atoms with E-state index in [2.05, 4.69) is 11.8 Å². The van der Waals surface area contributed by atoms with Crippen LogP contribution in [0.25, 0.3) is 0 Å². The fraction of sp³-hybridized carbons (Fsp3) is 0.933. The summed E-state index contributed by atoms with van der Waals surface area (Å²) in [5.41, 5.74) is 0. The summed E-state index contributed by atoms with van der Waals surface area (Å²) in [5.74, 6) is 0.716. The molecule has 0 aromatic heterocycles. The Morgan fingerprint density at radius 3 is 2.74 bits per heavy atom. The first kappa shape index (κ1) is 14.8. The highest BCUT2D eigenvalue weighted by Gasteiger charge is 2.31. The largest absolute Gasteiger partial charge is 0.392 e. The molecule has 2 rings (SSSR count). The molecule has 1 N–H and O–H groups in total. The second-order valence-corrected chi connectivity index (χ2v) is 6.25. The number of nitrogens with zero attached hydrogens (tertiary/aromatic N) is 2. The third kappa shape index (κ3) is 4.18. The zero-order valence-electron chi connectivity index (χ0n) is 12.3. The van der Waals surface area contributed by atoms with Gasteiger partial charge in [0.05, 0.1) is 12.6 Å². The van der Waals surface area contributed by atoms with Crippen LogP contribution >= 0.6 is 0 Å². The zero-order chi connectivity index (χ0) is 13.8. The van der Waals surface area contributed by atoms with E-state index in [0.29, 0.717) is 25.0 Å². The van der Waals surface area contributed by atoms with Crippen LogP contribution in [-0.4, -0.2) is 59.6 Å². The Morgan fingerprint density at radius 2 is 2.11 bits per heavy atom. The van der Waals surface area contributed by atoms with Gasteiger partial charge in [-0.3, -0.25) is 9.69 Å². The fourth-order valence-electron chi connectivity index (χ4n) is 3.09. The van der Waals surface area contributed by atoms with Gasteiger partial charge in [-0.1, -0.05) is 6.92 Å². The molecule has 1 amide bonds. The first-order valence-corrected chi connectivity index (χ1v) is 7.78. The minimum atomic E-state index is -0.249. The summed E-state index contributed by atoms with van der Waals surface area (Å²) in [5, 5.41) is 9.91. The number of aliphatic hydroxyl groups is 1. The van der Waals surface area contributed by atoms with E-state index in [1.54, 1.807) is 0 Å². The quantitative estimate of drug-likeness (QED) is 0.793. The lowest BCUT2D eigenvalue weighted by Crippen LogP contribution is -2.48. The Bertz CT molecular complexity index is 305. The van der Waals surface area contributed by atoms with Gasteiger partial charge >= 0.3 is 0 Å². The van der Waals surface area contributed by atoms with Crippen molar-refractivity contribution in [3.05, 3.63) is 0 Å². The van der Waals surface area contributed by atoms with Gasteiger partial charge in [-0.05, 0) is 51.5 Å². The standard InChI is InChI=1S/C15H28N2O2/c1-3-13-6-4-5-9-17(13)15(19)11-16(2)10-14(18)12-7-8-12/h12-14,18H,3-11H2,1-2H3. The Morgan fingerprint density at radius 1 is 1.37 bits per heavy atom. The smallest absolute Gasteiger partial charge is 0.236 e. The van der Waals surface area contributed by atoms with Gasteiger partial charge in [-0.15, -0.1) is 0 Å². The van der Waals surface area contributed by atoms with Crippen LogP contribution in [0, 0.1) is 5.92 Å². The summed E-state index contributed by atoms with van der Waals surface area (Å²) in [4.78, 5) is 16.4. The molecule has 110 valence electrons. The van der Waals surface area contributed by atoms with Gasteiger partial charge in [-0.25, -0.2) is 0 Å². The number of likely N-dealkylation sites (N-methyl/N-ethyl adjacent to an activating group) is 1. The lowest BCUT2D eigenvalue weighted by Gasteiger charge is -2.36. The molecular weight excluding hydrogens is 240 g/mol. The van der Waals surface area contributed by atoms with E-state index in [1.807, 2.05) is 11.9 Å². The Kier molecular flexibility index (Phi) is 5.22. The fourth-order valence-corrected chi connectivity index (χ4v) is 3.09. The maximum absolute atomic E-state index is 12.3. The second kappa shape index (κ2) is 6.71. The number of piperidine rings is 1. The van der Waals surface area contributed by atoms with Crippen molar-refractivity contribution in [2.24, 2.45) is 5.92 Å². The average molecular weight is 268 g/mol. The van der Waals surface area contributed by atoms with Crippen LogP contribution in [0.2, 0.25) is 0 Å². The molecule has 4 nitrogen and oxygen atoms in total. The highest BCUT2D eigenvalue weighted by Crippen LogP contribution is 2.32. The Hall–Kier alpha value is -0.610. The van der Waals surface area contributed by atoms with Crippen LogP contribution in [0.1, 0.15) is 45.4 Å². The first-order valence-electron chi connectivity index (χ1n) is 7.78. The lowest BCUT2D eigenvalue weighted by atomic mass is 10.00. The van der Waals surface area contributed by atoms with Crippen LogP contribution in [0.4, 0.5) is 0 Å². The van der Waals surface area contributed by atoms with Crippen molar-refractivity contribution in [1.29, 1.82) is 0 Å². The van der Waals surface area contributed by atoms with Gasteiger partial charge in [0.2, 0.25) is 5.91 Å². The van der Waals surface area contributed by atoms with E-state index in [0.717, 1.165) is 38.6 Å². The Balaban J connectivity index is 1.78. The molecule has 2 aliphatic rings. The van der Waals surface area contributed by atoms with Crippen molar-refractivity contribution < 1.29 is 9.90 Å². The number of aliphatic hydroxyl groups excluding tert-OH is 1. The summed E-state index contributed by atoms with van der Waals surface area (Å²) in [6.45, 7) is 4.15. The topological polar surface area (TPSA) is 43.8 Å². The molecule has 0 aromatic carbocycles. The molecule has 0 bridgehead atoms. The number of likely N-dealkylation sites (tertiary alicyclic amines) is 1. The maximum atomic E-state index is 12.3. The minimum absolute atomic E-state index is 0.233. The van der Waals surface area contributed by atoms with Crippen molar-refractivity contribution in [3.8, 4) is 0 Å². The van der Waals surface area contributed by atoms with Crippen LogP contribution < -0.4 is 0 Å². The third-order valence-corrected chi connectivity index (χ3v) is 4.49. The monoisotopic (exact) mass is 268 g/mol. The van der Waals surface area contributed by atoms with E-state index < -0.39 is 0 Å². The van der Waals surface area contributed by atoms with Gasteiger partial charge in [-0.2, -0.15) is 0 Å². The molecule has 1 heterocycles. The second-order valence-electron chi connectivity index (χ2n) is 6.25. The molecular formula is C15H28N2O2. The number of amides is 1.